The quantitative estimate of drug-likeness (QED) is 0.260. The Balaban J connectivity index is 1.20. The first kappa shape index (κ1) is 33.1. The molecule has 0 radical (unpaired) electrons. The summed E-state index contributed by atoms with van der Waals surface area (Å²) >= 11 is 0. The van der Waals surface area contributed by atoms with Crippen molar-refractivity contribution in [2.45, 2.75) is 0 Å². The van der Waals surface area contributed by atoms with Gasteiger partial charge in [0.05, 0.1) is 11.0 Å². The maximum atomic E-state index is 6.53. The van der Waals surface area contributed by atoms with Crippen LogP contribution < -0.4 is 27.3 Å². The van der Waals surface area contributed by atoms with Gasteiger partial charge >= 0.3 is 0 Å². The van der Waals surface area contributed by atoms with Gasteiger partial charge in [-0.2, -0.15) is 9.97 Å². The second-order valence-electron chi connectivity index (χ2n) is 14.6. The van der Waals surface area contributed by atoms with E-state index in [4.69, 9.17) is 19.4 Å². The Kier molecular flexibility index (Phi) is 7.70. The second kappa shape index (κ2) is 12.8. The van der Waals surface area contributed by atoms with Gasteiger partial charge in [0.1, 0.15) is 50.4 Å². The van der Waals surface area contributed by atoms with Gasteiger partial charge in [0.15, 0.2) is 11.6 Å². The van der Waals surface area contributed by atoms with Gasteiger partial charge in [-0.3, -0.25) is 4.57 Å². The molecule has 10 rings (SSSR count). The fourth-order valence-corrected chi connectivity index (χ4v) is 8.38. The smallest absolute Gasteiger partial charge is 0.238 e. The van der Waals surface area contributed by atoms with Crippen LogP contribution in [0.2, 0.25) is 0 Å². The van der Waals surface area contributed by atoms with Crippen LogP contribution >= 0.6 is 0 Å². The van der Waals surface area contributed by atoms with Crippen molar-refractivity contribution in [1.82, 2.24) is 19.5 Å². The second-order valence-corrected chi connectivity index (χ2v) is 14.6. The maximum absolute atomic E-state index is 6.53. The minimum atomic E-state index is 0.564. The van der Waals surface area contributed by atoms with Crippen LogP contribution in [0.3, 0.4) is 0 Å². The molecule has 3 heterocycles. The number of furan rings is 1. The van der Waals surface area contributed by atoms with Crippen LogP contribution in [0.5, 0.6) is 0 Å². The Morgan fingerprint density at radius 1 is 0.418 bits per heavy atom. The molecule has 0 atom stereocenters. The van der Waals surface area contributed by atoms with Gasteiger partial charge in [-0.1, -0.05) is 114 Å². The van der Waals surface area contributed by atoms with Crippen molar-refractivity contribution < 1.29 is 4.42 Å². The van der Waals surface area contributed by atoms with Gasteiger partial charge in [0.2, 0.25) is 5.95 Å². The first-order chi connectivity index (χ1) is 26.9. The van der Waals surface area contributed by atoms with E-state index in [9.17, 15) is 0 Å². The normalized spacial score (nSPS) is 11.6. The number of rotatable bonds is 5. The third kappa shape index (κ3) is 5.27. The van der Waals surface area contributed by atoms with Crippen molar-refractivity contribution in [3.63, 3.8) is 0 Å². The first-order valence-corrected chi connectivity index (χ1v) is 18.8. The lowest BCUT2D eigenvalue weighted by Crippen LogP contribution is -2.55. The largest absolute Gasteiger partial charge is 0.456 e. The SMILES string of the molecule is Bc1c(B)c(B)c(-c2cccc3c2c2ccccc2n3-c2nc(-c3ccccc3)nc(-c3ccc4c(c3)oc3cc(-c5ccccc5)ccc34)n2)c(B)c1B. The minimum absolute atomic E-state index is 0.564. The average Bonchev–Trinajstić information content (AvgIpc) is 3.78. The molecule has 0 aliphatic heterocycles. The summed E-state index contributed by atoms with van der Waals surface area (Å²) in [6, 6.07) is 48.4. The third-order valence-electron chi connectivity index (χ3n) is 11.7. The molecule has 0 bridgehead atoms. The van der Waals surface area contributed by atoms with Crippen LogP contribution in [0, 0.1) is 0 Å². The average molecular weight is 700 g/mol. The van der Waals surface area contributed by atoms with Gasteiger partial charge < -0.3 is 4.42 Å². The monoisotopic (exact) mass is 700 g/mol. The molecule has 7 aromatic carbocycles. The summed E-state index contributed by atoms with van der Waals surface area (Å²) in [6.07, 6.45) is 0. The number of fused-ring (bicyclic) bond motifs is 6. The molecule has 0 spiro atoms. The van der Waals surface area contributed by atoms with Gasteiger partial charge in [-0.25, -0.2) is 4.98 Å². The number of aromatic nitrogens is 4. The molecule has 0 unspecified atom stereocenters. The van der Waals surface area contributed by atoms with E-state index in [1.807, 2.05) is 36.4 Å². The van der Waals surface area contributed by atoms with Gasteiger partial charge in [-0.15, -0.1) is 16.4 Å². The lowest BCUT2D eigenvalue weighted by molar-refractivity contribution is 0.669. The summed E-state index contributed by atoms with van der Waals surface area (Å²) in [5.41, 5.74) is 17.0. The van der Waals surface area contributed by atoms with Crippen molar-refractivity contribution in [1.29, 1.82) is 0 Å². The van der Waals surface area contributed by atoms with Crippen molar-refractivity contribution in [2.75, 3.05) is 0 Å². The standard InChI is InChI=1S/C45H33B5N4O/c46-38-37(39(47)41(49)42(50)40(38)48)31-15-9-17-33-36(31)30-14-7-8-16-32(30)54(33)45-52-43(25-12-5-2-6-13-25)51-44(53-45)27-19-21-29-28-20-18-26(24-10-3-1-4-11-24)22-34(28)55-35(29)23-27/h1-23H,46-50H2. The van der Waals surface area contributed by atoms with Crippen molar-refractivity contribution in [2.24, 2.45) is 0 Å². The van der Waals surface area contributed by atoms with E-state index < -0.39 is 0 Å². The fourth-order valence-electron chi connectivity index (χ4n) is 8.38. The van der Waals surface area contributed by atoms with Crippen LogP contribution in [-0.2, 0) is 0 Å². The summed E-state index contributed by atoms with van der Waals surface area (Å²) in [4.78, 5) is 15.6. The summed E-state index contributed by atoms with van der Waals surface area (Å²) < 4.78 is 8.74. The van der Waals surface area contributed by atoms with Crippen LogP contribution in [0.4, 0.5) is 0 Å². The molecule has 55 heavy (non-hydrogen) atoms. The molecule has 0 aliphatic rings. The lowest BCUT2D eigenvalue weighted by Gasteiger charge is -2.21. The molecule has 3 aromatic heterocycles. The van der Waals surface area contributed by atoms with E-state index >= 15 is 0 Å². The Hall–Kier alpha value is -6.53. The van der Waals surface area contributed by atoms with Crippen LogP contribution in [0.25, 0.3) is 94.7 Å². The van der Waals surface area contributed by atoms with Crippen molar-refractivity contribution in [3.8, 4) is 51.0 Å². The highest BCUT2D eigenvalue weighted by Crippen LogP contribution is 2.38. The zero-order chi connectivity index (χ0) is 37.4. The van der Waals surface area contributed by atoms with E-state index in [2.05, 4.69) is 147 Å². The summed E-state index contributed by atoms with van der Waals surface area (Å²) in [7, 11) is 11.2. The Labute approximate surface area is 323 Å². The highest BCUT2D eigenvalue weighted by atomic mass is 16.3. The predicted octanol–water partition coefficient (Wildman–Crippen LogP) is 2.83. The van der Waals surface area contributed by atoms with E-state index in [1.54, 1.807) is 0 Å². The lowest BCUT2D eigenvalue weighted by atomic mass is 9.59. The highest BCUT2D eigenvalue weighted by Gasteiger charge is 2.22. The topological polar surface area (TPSA) is 56.7 Å². The molecule has 0 aliphatic carbocycles. The Bertz CT molecular complexity index is 3130. The maximum Gasteiger partial charge on any atom is 0.238 e. The Morgan fingerprint density at radius 3 is 1.65 bits per heavy atom. The van der Waals surface area contributed by atoms with Crippen LogP contribution in [-0.4, -0.2) is 58.8 Å². The molecule has 10 heteroatoms. The minimum Gasteiger partial charge on any atom is -0.456 e. The molecular weight excluding hydrogens is 667 g/mol. The molecular formula is C45H33B5N4O. The number of hydrogen-bond donors (Lipinski definition) is 0. The number of benzene rings is 7. The molecule has 0 saturated carbocycles. The fraction of sp³-hybridized carbons (Fsp3) is 0. The zero-order valence-electron chi connectivity index (χ0n) is 31.5. The number of hydrogen-bond acceptors (Lipinski definition) is 4. The van der Waals surface area contributed by atoms with E-state index in [1.165, 1.54) is 43.8 Å². The first-order valence-electron chi connectivity index (χ1n) is 18.8. The third-order valence-corrected chi connectivity index (χ3v) is 11.7. The van der Waals surface area contributed by atoms with Gasteiger partial charge in [-0.05, 0) is 58.7 Å². The molecule has 10 aromatic rings. The Morgan fingerprint density at radius 2 is 0.964 bits per heavy atom. The van der Waals surface area contributed by atoms with Crippen LogP contribution in [0.1, 0.15) is 0 Å². The highest BCUT2D eigenvalue weighted by molar-refractivity contribution is 6.69. The van der Waals surface area contributed by atoms with Gasteiger partial charge in [0.25, 0.3) is 0 Å². The molecule has 5 nitrogen and oxygen atoms in total. The van der Waals surface area contributed by atoms with Gasteiger partial charge in [0, 0.05) is 32.7 Å². The molecule has 254 valence electrons. The predicted molar refractivity (Wildman–Crippen MR) is 244 cm³/mol. The molecule has 0 N–H and O–H groups in total. The molecule has 0 saturated heterocycles. The van der Waals surface area contributed by atoms with E-state index in [0.29, 0.717) is 17.6 Å². The number of para-hydroxylation sites is 1. The van der Waals surface area contributed by atoms with E-state index in [0.717, 1.165) is 60.6 Å². The summed E-state index contributed by atoms with van der Waals surface area (Å²) in [6.45, 7) is 0. The number of nitrogens with zero attached hydrogens (tertiary/aromatic N) is 4. The zero-order valence-corrected chi connectivity index (χ0v) is 31.5. The summed E-state index contributed by atoms with van der Waals surface area (Å²) in [5.74, 6) is 1.75. The van der Waals surface area contributed by atoms with Crippen molar-refractivity contribution in [3.05, 3.63) is 140 Å². The van der Waals surface area contributed by atoms with Crippen LogP contribution in [0.15, 0.2) is 144 Å². The van der Waals surface area contributed by atoms with Crippen molar-refractivity contribution >= 4 is 110 Å². The summed E-state index contributed by atoms with van der Waals surface area (Å²) in [5, 5.41) is 4.48. The molecule has 0 amide bonds. The van der Waals surface area contributed by atoms with E-state index in [-0.39, 0.29) is 0 Å². The molecule has 0 fully saturated rings.